The Labute approximate surface area is 179 Å². The van der Waals surface area contributed by atoms with Crippen LogP contribution in [0.5, 0.6) is 0 Å². The van der Waals surface area contributed by atoms with E-state index in [-0.39, 0.29) is 5.82 Å². The highest BCUT2D eigenvalue weighted by Crippen LogP contribution is 2.25. The molecule has 0 saturated heterocycles. The molecule has 1 atom stereocenters. The van der Waals surface area contributed by atoms with Crippen LogP contribution in [0.2, 0.25) is 0 Å². The third-order valence-corrected chi connectivity index (χ3v) is 6.18. The Morgan fingerprint density at radius 3 is 2.27 bits per heavy atom. The molecule has 0 amide bonds. The molecule has 3 aromatic carbocycles. The van der Waals surface area contributed by atoms with Gasteiger partial charge in [0.15, 0.2) is 0 Å². The van der Waals surface area contributed by atoms with E-state index < -0.39 is 0 Å². The summed E-state index contributed by atoms with van der Waals surface area (Å²) in [6.45, 7) is 6.03. The first-order valence-electron chi connectivity index (χ1n) is 11.0. The quantitative estimate of drug-likeness (QED) is 0.525. The standard InChI is InChI=1S/C27H31FN2/c1-2-21-7-9-23(10-8-21)19-29-15-16-30-20-25-6-4-3-5-24(25)18-27(30)17-22-11-13-26(28)14-12-22/h3-14,27,29H,2,15-20H2,1H3. The Morgan fingerprint density at radius 1 is 0.867 bits per heavy atom. The van der Waals surface area contributed by atoms with E-state index in [1.165, 1.54) is 27.8 Å². The SMILES string of the molecule is CCc1ccc(CNCCN2Cc3ccccc3CC2Cc2ccc(F)cc2)cc1. The van der Waals surface area contributed by atoms with Crippen molar-refractivity contribution in [2.45, 2.75) is 45.3 Å². The van der Waals surface area contributed by atoms with Crippen LogP contribution in [0, 0.1) is 5.82 Å². The fourth-order valence-electron chi connectivity index (χ4n) is 4.35. The number of rotatable bonds is 8. The maximum absolute atomic E-state index is 13.3. The highest BCUT2D eigenvalue weighted by Gasteiger charge is 2.25. The van der Waals surface area contributed by atoms with Gasteiger partial charge >= 0.3 is 0 Å². The maximum atomic E-state index is 13.3. The fraction of sp³-hybridized carbons (Fsp3) is 0.333. The van der Waals surface area contributed by atoms with Crippen molar-refractivity contribution in [3.8, 4) is 0 Å². The van der Waals surface area contributed by atoms with Crippen LogP contribution in [0.3, 0.4) is 0 Å². The molecule has 0 saturated carbocycles. The van der Waals surface area contributed by atoms with Gasteiger partial charge in [-0.25, -0.2) is 4.39 Å². The number of aryl methyl sites for hydroxylation is 1. The minimum Gasteiger partial charge on any atom is -0.311 e. The van der Waals surface area contributed by atoms with E-state index in [4.69, 9.17) is 0 Å². The van der Waals surface area contributed by atoms with Crippen LogP contribution in [-0.4, -0.2) is 24.0 Å². The molecule has 1 aliphatic heterocycles. The van der Waals surface area contributed by atoms with Gasteiger partial charge in [0.25, 0.3) is 0 Å². The molecule has 1 unspecified atom stereocenters. The van der Waals surface area contributed by atoms with E-state index in [1.807, 2.05) is 12.1 Å². The first-order valence-corrected chi connectivity index (χ1v) is 11.0. The molecular formula is C27H31FN2. The lowest BCUT2D eigenvalue weighted by Crippen LogP contribution is -2.44. The first-order chi connectivity index (χ1) is 14.7. The van der Waals surface area contributed by atoms with Crippen molar-refractivity contribution >= 4 is 0 Å². The number of fused-ring (bicyclic) bond motifs is 1. The minimum absolute atomic E-state index is 0.166. The van der Waals surface area contributed by atoms with Gasteiger partial charge in [0, 0.05) is 32.2 Å². The number of hydrogen-bond acceptors (Lipinski definition) is 2. The summed E-state index contributed by atoms with van der Waals surface area (Å²) in [6, 6.07) is 25.1. The summed E-state index contributed by atoms with van der Waals surface area (Å²) in [5, 5.41) is 3.61. The molecule has 1 N–H and O–H groups in total. The summed E-state index contributed by atoms with van der Waals surface area (Å²) in [7, 11) is 0. The monoisotopic (exact) mass is 402 g/mol. The van der Waals surface area contributed by atoms with Crippen LogP contribution >= 0.6 is 0 Å². The molecule has 0 radical (unpaired) electrons. The highest BCUT2D eigenvalue weighted by atomic mass is 19.1. The van der Waals surface area contributed by atoms with Crippen molar-refractivity contribution < 1.29 is 4.39 Å². The average Bonchev–Trinajstić information content (AvgIpc) is 2.78. The van der Waals surface area contributed by atoms with Crippen molar-refractivity contribution in [1.29, 1.82) is 0 Å². The van der Waals surface area contributed by atoms with Gasteiger partial charge in [-0.1, -0.05) is 67.6 Å². The Morgan fingerprint density at radius 2 is 1.53 bits per heavy atom. The van der Waals surface area contributed by atoms with Gasteiger partial charge in [-0.05, 0) is 59.2 Å². The van der Waals surface area contributed by atoms with E-state index in [0.29, 0.717) is 6.04 Å². The predicted octanol–water partition coefficient (Wildman–Crippen LogP) is 5.15. The van der Waals surface area contributed by atoms with E-state index in [2.05, 4.69) is 65.7 Å². The Kier molecular flexibility index (Phi) is 6.93. The van der Waals surface area contributed by atoms with Crippen LogP contribution in [0.1, 0.15) is 34.7 Å². The number of halogens is 1. The summed E-state index contributed by atoms with van der Waals surface area (Å²) in [4.78, 5) is 2.58. The first kappa shape index (κ1) is 20.8. The zero-order valence-corrected chi connectivity index (χ0v) is 17.8. The van der Waals surface area contributed by atoms with Crippen LogP contribution in [0.4, 0.5) is 4.39 Å². The van der Waals surface area contributed by atoms with Gasteiger partial charge in [-0.3, -0.25) is 4.90 Å². The summed E-state index contributed by atoms with van der Waals surface area (Å²) < 4.78 is 13.3. The molecule has 0 fully saturated rings. The van der Waals surface area contributed by atoms with Gasteiger partial charge in [0.2, 0.25) is 0 Å². The molecule has 3 aromatic rings. The summed E-state index contributed by atoms with van der Waals surface area (Å²) in [5.41, 5.74) is 6.80. The summed E-state index contributed by atoms with van der Waals surface area (Å²) >= 11 is 0. The molecule has 30 heavy (non-hydrogen) atoms. The smallest absolute Gasteiger partial charge is 0.123 e. The second-order valence-electron chi connectivity index (χ2n) is 8.27. The number of benzene rings is 3. The fourth-order valence-corrected chi connectivity index (χ4v) is 4.35. The van der Waals surface area contributed by atoms with Gasteiger partial charge in [-0.2, -0.15) is 0 Å². The molecule has 0 spiro atoms. The molecule has 2 nitrogen and oxygen atoms in total. The third-order valence-electron chi connectivity index (χ3n) is 6.18. The Hall–Kier alpha value is -2.49. The Bertz CT molecular complexity index is 934. The van der Waals surface area contributed by atoms with Crippen LogP contribution < -0.4 is 5.32 Å². The van der Waals surface area contributed by atoms with Crippen LogP contribution in [0.25, 0.3) is 0 Å². The average molecular weight is 403 g/mol. The van der Waals surface area contributed by atoms with Gasteiger partial charge in [0.05, 0.1) is 0 Å². The van der Waals surface area contributed by atoms with E-state index >= 15 is 0 Å². The molecule has 0 aromatic heterocycles. The number of hydrogen-bond donors (Lipinski definition) is 1. The van der Waals surface area contributed by atoms with Crippen molar-refractivity contribution in [2.24, 2.45) is 0 Å². The molecular weight excluding hydrogens is 371 g/mol. The van der Waals surface area contributed by atoms with Crippen molar-refractivity contribution in [3.63, 3.8) is 0 Å². The second kappa shape index (κ2) is 10.0. The zero-order chi connectivity index (χ0) is 20.8. The van der Waals surface area contributed by atoms with Gasteiger partial charge in [-0.15, -0.1) is 0 Å². The lowest BCUT2D eigenvalue weighted by Gasteiger charge is -2.37. The minimum atomic E-state index is -0.166. The van der Waals surface area contributed by atoms with Crippen molar-refractivity contribution in [2.75, 3.05) is 13.1 Å². The topological polar surface area (TPSA) is 15.3 Å². The van der Waals surface area contributed by atoms with E-state index in [9.17, 15) is 4.39 Å². The lowest BCUT2D eigenvalue weighted by molar-refractivity contribution is 0.170. The largest absolute Gasteiger partial charge is 0.311 e. The number of nitrogens with one attached hydrogen (secondary N) is 1. The van der Waals surface area contributed by atoms with E-state index in [0.717, 1.165) is 45.4 Å². The third kappa shape index (κ3) is 5.35. The summed E-state index contributed by atoms with van der Waals surface area (Å²) in [5.74, 6) is -0.166. The molecule has 1 heterocycles. The highest BCUT2D eigenvalue weighted by molar-refractivity contribution is 5.31. The number of nitrogens with zero attached hydrogens (tertiary/aromatic N) is 1. The molecule has 1 aliphatic rings. The molecule has 0 bridgehead atoms. The summed E-state index contributed by atoms with van der Waals surface area (Å²) in [6.07, 6.45) is 3.08. The Balaban J connectivity index is 1.37. The molecule has 4 rings (SSSR count). The molecule has 3 heteroatoms. The zero-order valence-electron chi connectivity index (χ0n) is 17.8. The predicted molar refractivity (Wildman–Crippen MR) is 122 cm³/mol. The van der Waals surface area contributed by atoms with Gasteiger partial charge in [0.1, 0.15) is 5.82 Å². The second-order valence-corrected chi connectivity index (χ2v) is 8.27. The van der Waals surface area contributed by atoms with E-state index in [1.54, 1.807) is 12.1 Å². The van der Waals surface area contributed by atoms with Crippen molar-refractivity contribution in [1.82, 2.24) is 10.2 Å². The van der Waals surface area contributed by atoms with Crippen LogP contribution in [0.15, 0.2) is 72.8 Å². The molecule has 156 valence electrons. The van der Waals surface area contributed by atoms with Crippen LogP contribution in [-0.2, 0) is 32.4 Å². The normalized spacial score (nSPS) is 16.4. The van der Waals surface area contributed by atoms with Crippen molar-refractivity contribution in [3.05, 3.63) is 106 Å². The maximum Gasteiger partial charge on any atom is 0.123 e. The molecule has 0 aliphatic carbocycles. The van der Waals surface area contributed by atoms with Gasteiger partial charge < -0.3 is 5.32 Å². The lowest BCUT2D eigenvalue weighted by atomic mass is 9.90.